The van der Waals surface area contributed by atoms with Gasteiger partial charge in [-0.15, -0.1) is 0 Å². The first-order valence-electron chi connectivity index (χ1n) is 7.81. The zero-order valence-corrected chi connectivity index (χ0v) is 13.0. The summed E-state index contributed by atoms with van der Waals surface area (Å²) < 4.78 is 11.8. The van der Waals surface area contributed by atoms with Gasteiger partial charge >= 0.3 is 7.12 Å². The van der Waals surface area contributed by atoms with Crippen molar-refractivity contribution in [2.24, 2.45) is 5.41 Å². The van der Waals surface area contributed by atoms with Crippen LogP contribution in [0.15, 0.2) is 41.9 Å². The maximum absolute atomic E-state index is 5.88. The number of nitrogens with zero attached hydrogens (tertiary/aromatic N) is 1. The third-order valence-corrected chi connectivity index (χ3v) is 4.13. The average molecular weight is 285 g/mol. The lowest BCUT2D eigenvalue weighted by Crippen LogP contribution is -2.43. The molecule has 1 fully saturated rings. The van der Waals surface area contributed by atoms with Crippen LogP contribution >= 0.6 is 0 Å². The van der Waals surface area contributed by atoms with Crippen LogP contribution < -0.4 is 0 Å². The molecule has 4 heteroatoms. The van der Waals surface area contributed by atoms with Gasteiger partial charge in [0.15, 0.2) is 0 Å². The summed E-state index contributed by atoms with van der Waals surface area (Å²) in [5, 5.41) is 0. The lowest BCUT2D eigenvalue weighted by Gasteiger charge is -2.35. The average Bonchev–Trinajstić information content (AvgIpc) is 2.49. The van der Waals surface area contributed by atoms with Crippen molar-refractivity contribution >= 4 is 7.12 Å². The first kappa shape index (κ1) is 14.8. The molecule has 1 aromatic rings. The van der Waals surface area contributed by atoms with E-state index >= 15 is 0 Å². The van der Waals surface area contributed by atoms with Gasteiger partial charge in [-0.25, -0.2) is 0 Å². The molecular weight excluding hydrogens is 261 g/mol. The Kier molecular flexibility index (Phi) is 4.48. The summed E-state index contributed by atoms with van der Waals surface area (Å²) in [7, 11) is -0.114. The number of hydrogen-bond donors (Lipinski definition) is 0. The molecule has 0 radical (unpaired) electrons. The Morgan fingerprint density at radius 2 is 1.86 bits per heavy atom. The Hall–Kier alpha value is -1.10. The Labute approximate surface area is 128 Å². The minimum absolute atomic E-state index is 0.114. The summed E-state index contributed by atoms with van der Waals surface area (Å²) in [5.74, 6) is 0. The van der Waals surface area contributed by atoms with Gasteiger partial charge in [-0.2, -0.15) is 0 Å². The largest absolute Gasteiger partial charge is 0.489 e. The fourth-order valence-electron chi connectivity index (χ4n) is 2.83. The Morgan fingerprint density at radius 1 is 1.14 bits per heavy atom. The van der Waals surface area contributed by atoms with Gasteiger partial charge in [0.1, 0.15) is 0 Å². The molecule has 3 nitrogen and oxygen atoms in total. The molecular formula is C17H24BNO2. The van der Waals surface area contributed by atoms with E-state index in [4.69, 9.17) is 9.31 Å². The van der Waals surface area contributed by atoms with Crippen LogP contribution in [0.25, 0.3) is 0 Å². The number of rotatable bonds is 3. The second-order valence-electron chi connectivity index (χ2n) is 6.87. The van der Waals surface area contributed by atoms with Crippen LogP contribution in [0.2, 0.25) is 0 Å². The third-order valence-electron chi connectivity index (χ3n) is 4.13. The zero-order chi connectivity index (χ0) is 14.7. The molecule has 0 N–H and O–H groups in total. The molecule has 0 saturated carbocycles. The predicted molar refractivity (Wildman–Crippen MR) is 85.9 cm³/mol. The lowest BCUT2D eigenvalue weighted by atomic mass is 9.72. The van der Waals surface area contributed by atoms with Crippen LogP contribution in [-0.4, -0.2) is 38.3 Å². The van der Waals surface area contributed by atoms with Crippen LogP contribution in [0.5, 0.6) is 0 Å². The zero-order valence-electron chi connectivity index (χ0n) is 13.0. The Balaban J connectivity index is 1.53. The standard InChI is InChI=1S/C17H24BNO2/c1-17(2)13-20-18(21-14-17)16-8-10-19(11-9-16)12-15-6-4-3-5-7-15/h3-8H,9-14H2,1-2H3. The fourth-order valence-corrected chi connectivity index (χ4v) is 2.83. The second-order valence-corrected chi connectivity index (χ2v) is 6.87. The Bertz CT molecular complexity index is 491. The summed E-state index contributed by atoms with van der Waals surface area (Å²) in [6.45, 7) is 9.00. The molecule has 0 unspecified atom stereocenters. The van der Waals surface area contributed by atoms with Crippen molar-refractivity contribution < 1.29 is 9.31 Å². The van der Waals surface area contributed by atoms with Crippen molar-refractivity contribution in [2.45, 2.75) is 26.8 Å². The molecule has 2 aliphatic rings. The molecule has 2 aliphatic heterocycles. The minimum atomic E-state index is -0.114. The number of benzene rings is 1. The molecule has 112 valence electrons. The summed E-state index contributed by atoms with van der Waals surface area (Å²) in [5.41, 5.74) is 2.83. The summed E-state index contributed by atoms with van der Waals surface area (Å²) in [4.78, 5) is 2.46. The molecule has 0 bridgehead atoms. The van der Waals surface area contributed by atoms with Gasteiger partial charge in [-0.3, -0.25) is 4.90 Å². The minimum Gasteiger partial charge on any atom is -0.407 e. The first-order chi connectivity index (χ1) is 10.1. The van der Waals surface area contributed by atoms with Gasteiger partial charge in [0.05, 0.1) is 0 Å². The lowest BCUT2D eigenvalue weighted by molar-refractivity contribution is 0.0313. The van der Waals surface area contributed by atoms with Crippen molar-refractivity contribution in [3.63, 3.8) is 0 Å². The van der Waals surface area contributed by atoms with E-state index in [0.29, 0.717) is 0 Å². The van der Waals surface area contributed by atoms with Gasteiger partial charge < -0.3 is 9.31 Å². The molecule has 1 aromatic carbocycles. The first-order valence-corrected chi connectivity index (χ1v) is 7.81. The highest BCUT2D eigenvalue weighted by Gasteiger charge is 2.35. The maximum atomic E-state index is 5.88. The molecule has 0 aromatic heterocycles. The quantitative estimate of drug-likeness (QED) is 0.797. The molecule has 0 atom stereocenters. The monoisotopic (exact) mass is 285 g/mol. The van der Waals surface area contributed by atoms with E-state index in [1.54, 1.807) is 0 Å². The van der Waals surface area contributed by atoms with E-state index < -0.39 is 0 Å². The maximum Gasteiger partial charge on any atom is 0.489 e. The molecule has 21 heavy (non-hydrogen) atoms. The van der Waals surface area contributed by atoms with Crippen LogP contribution in [-0.2, 0) is 15.9 Å². The fraction of sp³-hybridized carbons (Fsp3) is 0.529. The van der Waals surface area contributed by atoms with E-state index in [-0.39, 0.29) is 12.5 Å². The van der Waals surface area contributed by atoms with E-state index in [1.807, 2.05) is 0 Å². The molecule has 2 heterocycles. The highest BCUT2D eigenvalue weighted by molar-refractivity contribution is 6.53. The van der Waals surface area contributed by atoms with Gasteiger partial charge in [0.25, 0.3) is 0 Å². The van der Waals surface area contributed by atoms with Gasteiger partial charge in [-0.05, 0) is 17.5 Å². The van der Waals surface area contributed by atoms with Crippen molar-refractivity contribution in [1.82, 2.24) is 4.90 Å². The van der Waals surface area contributed by atoms with Crippen molar-refractivity contribution in [1.29, 1.82) is 0 Å². The van der Waals surface area contributed by atoms with Gasteiger partial charge in [0.2, 0.25) is 0 Å². The molecule has 0 amide bonds. The summed E-state index contributed by atoms with van der Waals surface area (Å²) in [6, 6.07) is 10.7. The molecule has 0 spiro atoms. The van der Waals surface area contributed by atoms with Crippen LogP contribution in [0, 0.1) is 5.41 Å². The van der Waals surface area contributed by atoms with E-state index in [0.717, 1.165) is 39.3 Å². The third kappa shape index (κ3) is 3.97. The highest BCUT2D eigenvalue weighted by Crippen LogP contribution is 2.26. The molecule has 3 rings (SSSR count). The smallest absolute Gasteiger partial charge is 0.407 e. The highest BCUT2D eigenvalue weighted by atomic mass is 16.6. The summed E-state index contributed by atoms with van der Waals surface area (Å²) in [6.07, 6.45) is 3.33. The van der Waals surface area contributed by atoms with Crippen molar-refractivity contribution in [3.8, 4) is 0 Å². The normalized spacial score (nSPS) is 23.0. The Morgan fingerprint density at radius 3 is 2.48 bits per heavy atom. The van der Waals surface area contributed by atoms with Crippen molar-refractivity contribution in [2.75, 3.05) is 26.3 Å². The topological polar surface area (TPSA) is 21.7 Å². The van der Waals surface area contributed by atoms with Crippen LogP contribution in [0.3, 0.4) is 0 Å². The summed E-state index contributed by atoms with van der Waals surface area (Å²) >= 11 is 0. The van der Waals surface area contributed by atoms with E-state index in [9.17, 15) is 0 Å². The van der Waals surface area contributed by atoms with Crippen LogP contribution in [0.1, 0.15) is 25.8 Å². The SMILES string of the molecule is CC1(C)COB(C2=CCN(Cc3ccccc3)CC2)OC1. The molecule has 1 saturated heterocycles. The molecule has 0 aliphatic carbocycles. The van der Waals surface area contributed by atoms with Crippen LogP contribution in [0.4, 0.5) is 0 Å². The van der Waals surface area contributed by atoms with Crippen molar-refractivity contribution in [3.05, 3.63) is 47.4 Å². The van der Waals surface area contributed by atoms with E-state index in [2.05, 4.69) is 55.2 Å². The van der Waals surface area contributed by atoms with Gasteiger partial charge in [0, 0.05) is 38.3 Å². The van der Waals surface area contributed by atoms with Gasteiger partial charge in [-0.1, -0.05) is 50.3 Å². The number of hydrogen-bond acceptors (Lipinski definition) is 3. The predicted octanol–water partition coefficient (Wildman–Crippen LogP) is 2.92. The second kappa shape index (κ2) is 6.35. The van der Waals surface area contributed by atoms with E-state index in [1.165, 1.54) is 11.0 Å².